The number of carbonyl (C=O) groups is 1. The van der Waals surface area contributed by atoms with Gasteiger partial charge in [-0.3, -0.25) is 15.6 Å². The van der Waals surface area contributed by atoms with Gasteiger partial charge in [-0.15, -0.1) is 6.58 Å². The standard InChI is InChI=1S/C16H16ClN3O3S/c1-2-9-18-16(24)20-19-15(21)14-8-7-11(23-14)10-22-13-6-4-3-5-12(13)17/h2-8H,1,9-10H2,(H,19,21)(H2,18,20,24). The second-order valence-electron chi connectivity index (χ2n) is 4.56. The number of para-hydroxylation sites is 1. The molecule has 0 saturated carbocycles. The summed E-state index contributed by atoms with van der Waals surface area (Å²) in [6.45, 7) is 4.20. The lowest BCUT2D eigenvalue weighted by atomic mass is 10.3. The molecule has 0 unspecified atom stereocenters. The second kappa shape index (κ2) is 8.95. The van der Waals surface area contributed by atoms with Crippen molar-refractivity contribution in [3.05, 3.63) is 65.6 Å². The number of hydrazine groups is 1. The number of rotatable bonds is 6. The van der Waals surface area contributed by atoms with Crippen LogP contribution in [-0.2, 0) is 6.61 Å². The van der Waals surface area contributed by atoms with E-state index >= 15 is 0 Å². The van der Waals surface area contributed by atoms with Crippen molar-refractivity contribution < 1.29 is 13.9 Å². The van der Waals surface area contributed by atoms with Crippen molar-refractivity contribution in [1.29, 1.82) is 0 Å². The Balaban J connectivity index is 1.83. The van der Waals surface area contributed by atoms with Crippen LogP contribution in [0.2, 0.25) is 5.02 Å². The molecule has 8 heteroatoms. The number of hydrogen-bond acceptors (Lipinski definition) is 4. The first-order valence-electron chi connectivity index (χ1n) is 7.01. The van der Waals surface area contributed by atoms with Crippen LogP contribution < -0.4 is 20.9 Å². The highest BCUT2D eigenvalue weighted by Gasteiger charge is 2.12. The van der Waals surface area contributed by atoms with Gasteiger partial charge in [0.25, 0.3) is 0 Å². The van der Waals surface area contributed by atoms with Gasteiger partial charge in [0.15, 0.2) is 10.9 Å². The van der Waals surface area contributed by atoms with Crippen LogP contribution in [0.3, 0.4) is 0 Å². The number of carbonyl (C=O) groups excluding carboxylic acids is 1. The molecule has 0 aliphatic rings. The molecule has 0 saturated heterocycles. The molecular weight excluding hydrogens is 350 g/mol. The third kappa shape index (κ3) is 5.29. The summed E-state index contributed by atoms with van der Waals surface area (Å²) in [6, 6.07) is 10.3. The smallest absolute Gasteiger partial charge is 0.305 e. The molecule has 6 nitrogen and oxygen atoms in total. The number of benzene rings is 1. The molecule has 1 aromatic heterocycles. The molecular formula is C16H16ClN3O3S. The Bertz CT molecular complexity index is 733. The van der Waals surface area contributed by atoms with Gasteiger partial charge in [-0.05, 0) is 36.5 Å². The number of amides is 1. The van der Waals surface area contributed by atoms with E-state index in [1.54, 1.807) is 30.3 Å². The van der Waals surface area contributed by atoms with E-state index in [4.69, 9.17) is 33.0 Å². The van der Waals surface area contributed by atoms with Crippen molar-refractivity contribution in [1.82, 2.24) is 16.2 Å². The maximum Gasteiger partial charge on any atom is 0.305 e. The van der Waals surface area contributed by atoms with Crippen molar-refractivity contribution in [3.8, 4) is 5.75 Å². The fourth-order valence-electron chi connectivity index (χ4n) is 1.67. The molecule has 126 valence electrons. The number of nitrogens with one attached hydrogen (secondary N) is 3. The van der Waals surface area contributed by atoms with Crippen molar-refractivity contribution in [2.45, 2.75) is 6.61 Å². The first-order chi connectivity index (χ1) is 11.6. The minimum Gasteiger partial charge on any atom is -0.484 e. The van der Waals surface area contributed by atoms with Crippen LogP contribution in [0, 0.1) is 0 Å². The molecule has 24 heavy (non-hydrogen) atoms. The second-order valence-corrected chi connectivity index (χ2v) is 5.38. The van der Waals surface area contributed by atoms with Crippen molar-refractivity contribution in [2.24, 2.45) is 0 Å². The molecule has 0 bridgehead atoms. The van der Waals surface area contributed by atoms with Crippen LogP contribution in [0.15, 0.2) is 53.5 Å². The van der Waals surface area contributed by atoms with Gasteiger partial charge in [-0.2, -0.15) is 0 Å². The zero-order valence-electron chi connectivity index (χ0n) is 12.7. The summed E-state index contributed by atoms with van der Waals surface area (Å²) >= 11 is 11.0. The molecule has 1 heterocycles. The van der Waals surface area contributed by atoms with E-state index in [0.29, 0.717) is 23.1 Å². The van der Waals surface area contributed by atoms with E-state index in [2.05, 4.69) is 22.7 Å². The van der Waals surface area contributed by atoms with Gasteiger partial charge < -0.3 is 14.5 Å². The first kappa shape index (κ1) is 17.8. The van der Waals surface area contributed by atoms with E-state index in [1.165, 1.54) is 0 Å². The third-order valence-corrected chi connectivity index (χ3v) is 3.35. The summed E-state index contributed by atoms with van der Waals surface area (Å²) < 4.78 is 11.0. The van der Waals surface area contributed by atoms with Crippen LogP contribution in [0.4, 0.5) is 0 Å². The summed E-state index contributed by atoms with van der Waals surface area (Å²) in [5.41, 5.74) is 4.98. The Labute approximate surface area is 149 Å². The van der Waals surface area contributed by atoms with Crippen molar-refractivity contribution in [2.75, 3.05) is 6.54 Å². The Kier molecular flexibility index (Phi) is 6.65. The monoisotopic (exact) mass is 365 g/mol. The van der Waals surface area contributed by atoms with Crippen molar-refractivity contribution in [3.63, 3.8) is 0 Å². The number of hydrogen-bond donors (Lipinski definition) is 3. The topological polar surface area (TPSA) is 75.5 Å². The lowest BCUT2D eigenvalue weighted by molar-refractivity contribution is 0.0911. The van der Waals surface area contributed by atoms with Crippen molar-refractivity contribution >= 4 is 34.8 Å². The molecule has 2 aromatic rings. The average Bonchev–Trinajstić information content (AvgIpc) is 3.06. The molecule has 1 amide bonds. The predicted octanol–water partition coefficient (Wildman–Crippen LogP) is 2.81. The Morgan fingerprint density at radius 1 is 1.29 bits per heavy atom. The molecule has 1 aromatic carbocycles. The minimum absolute atomic E-state index is 0.131. The molecule has 0 fully saturated rings. The highest BCUT2D eigenvalue weighted by molar-refractivity contribution is 7.80. The Hall–Kier alpha value is -2.51. The lowest BCUT2D eigenvalue weighted by Gasteiger charge is -2.09. The van der Waals surface area contributed by atoms with Gasteiger partial charge in [0.1, 0.15) is 18.1 Å². The SMILES string of the molecule is C=CCNC(=S)NNC(=O)c1ccc(COc2ccccc2Cl)o1. The quantitative estimate of drug-likeness (QED) is 0.415. The van der Waals surface area contributed by atoms with Crippen LogP contribution in [0.5, 0.6) is 5.75 Å². The summed E-state index contributed by atoms with van der Waals surface area (Å²) in [5, 5.41) is 3.59. The molecule has 0 aliphatic heterocycles. The lowest BCUT2D eigenvalue weighted by Crippen LogP contribution is -2.46. The van der Waals surface area contributed by atoms with Gasteiger partial charge in [-0.1, -0.05) is 29.8 Å². The summed E-state index contributed by atoms with van der Waals surface area (Å²) in [4.78, 5) is 11.9. The van der Waals surface area contributed by atoms with E-state index in [-0.39, 0.29) is 17.5 Å². The maximum atomic E-state index is 11.9. The Morgan fingerprint density at radius 3 is 2.83 bits per heavy atom. The molecule has 0 radical (unpaired) electrons. The summed E-state index contributed by atoms with van der Waals surface area (Å²) in [7, 11) is 0. The van der Waals surface area contributed by atoms with Crippen LogP contribution in [0.1, 0.15) is 16.3 Å². The maximum absolute atomic E-state index is 11.9. The normalized spacial score (nSPS) is 9.88. The highest BCUT2D eigenvalue weighted by Crippen LogP contribution is 2.24. The highest BCUT2D eigenvalue weighted by atomic mass is 35.5. The first-order valence-corrected chi connectivity index (χ1v) is 7.80. The predicted molar refractivity (Wildman–Crippen MR) is 95.9 cm³/mol. The average molecular weight is 366 g/mol. The Morgan fingerprint density at radius 2 is 2.08 bits per heavy atom. The third-order valence-electron chi connectivity index (χ3n) is 2.79. The number of halogens is 1. The number of thiocarbonyl (C=S) groups is 1. The number of ether oxygens (including phenoxy) is 1. The van der Waals surface area contributed by atoms with E-state index in [0.717, 1.165) is 0 Å². The molecule has 0 atom stereocenters. The van der Waals surface area contributed by atoms with Crippen LogP contribution in [-0.4, -0.2) is 17.6 Å². The van der Waals surface area contributed by atoms with Gasteiger partial charge in [-0.25, -0.2) is 0 Å². The van der Waals surface area contributed by atoms with E-state index < -0.39 is 5.91 Å². The molecule has 3 N–H and O–H groups in total. The fraction of sp³-hybridized carbons (Fsp3) is 0.125. The largest absolute Gasteiger partial charge is 0.484 e. The number of furan rings is 1. The molecule has 2 rings (SSSR count). The van der Waals surface area contributed by atoms with Gasteiger partial charge in [0.2, 0.25) is 0 Å². The van der Waals surface area contributed by atoms with E-state index in [9.17, 15) is 4.79 Å². The van der Waals surface area contributed by atoms with Crippen LogP contribution >= 0.6 is 23.8 Å². The van der Waals surface area contributed by atoms with Crippen LogP contribution in [0.25, 0.3) is 0 Å². The minimum atomic E-state index is -0.457. The summed E-state index contributed by atoms with van der Waals surface area (Å²) in [6.07, 6.45) is 1.65. The zero-order valence-corrected chi connectivity index (χ0v) is 14.2. The molecule has 0 aliphatic carbocycles. The molecule has 0 spiro atoms. The van der Waals surface area contributed by atoms with E-state index in [1.807, 2.05) is 12.1 Å². The fourth-order valence-corrected chi connectivity index (χ4v) is 2.00. The summed E-state index contributed by atoms with van der Waals surface area (Å²) in [5.74, 6) is 0.711. The van der Waals surface area contributed by atoms with Gasteiger partial charge in [0, 0.05) is 6.54 Å². The zero-order chi connectivity index (χ0) is 17.4. The van der Waals surface area contributed by atoms with Gasteiger partial charge in [0.05, 0.1) is 5.02 Å². The van der Waals surface area contributed by atoms with Gasteiger partial charge >= 0.3 is 5.91 Å².